The van der Waals surface area contributed by atoms with Crippen molar-refractivity contribution in [2.75, 3.05) is 25.1 Å². The first-order chi connectivity index (χ1) is 10.0. The molecule has 116 valence electrons. The molecule has 1 aromatic heterocycles. The summed E-state index contributed by atoms with van der Waals surface area (Å²) < 4.78 is 1.35. The van der Waals surface area contributed by atoms with Crippen molar-refractivity contribution in [3.05, 3.63) is 22.1 Å². The fourth-order valence-electron chi connectivity index (χ4n) is 1.65. The Labute approximate surface area is 125 Å². The molecule has 0 aliphatic heterocycles. The van der Waals surface area contributed by atoms with E-state index < -0.39 is 11.0 Å². The summed E-state index contributed by atoms with van der Waals surface area (Å²) in [7, 11) is 0. The minimum absolute atomic E-state index is 0.0344. The van der Waals surface area contributed by atoms with E-state index in [1.165, 1.54) is 4.57 Å². The van der Waals surface area contributed by atoms with Crippen molar-refractivity contribution in [1.29, 1.82) is 0 Å². The van der Waals surface area contributed by atoms with E-state index in [-0.39, 0.29) is 18.9 Å². The van der Waals surface area contributed by atoms with Crippen LogP contribution in [-0.2, 0) is 11.3 Å². The summed E-state index contributed by atoms with van der Waals surface area (Å²) in [6, 6.07) is -0.514. The van der Waals surface area contributed by atoms with Gasteiger partial charge in [0.25, 0.3) is 0 Å². The summed E-state index contributed by atoms with van der Waals surface area (Å²) in [5.41, 5.74) is 0. The number of hydrogen-bond acceptors (Lipinski definition) is 6. The van der Waals surface area contributed by atoms with Crippen molar-refractivity contribution in [3.63, 3.8) is 0 Å². The van der Waals surface area contributed by atoms with Gasteiger partial charge in [-0.25, -0.2) is 14.3 Å². The molecule has 1 heterocycles. The molecule has 0 spiro atoms. The average Bonchev–Trinajstić information content (AvgIpc) is 2.81. The number of hydrogen-bond donors (Lipinski definition) is 1. The Morgan fingerprint density at radius 2 is 2.38 bits per heavy atom. The lowest BCUT2D eigenvalue weighted by Crippen LogP contribution is -2.41. The topological polar surface area (TPSA) is 110 Å². The van der Waals surface area contributed by atoms with E-state index in [2.05, 4.69) is 10.3 Å². The van der Waals surface area contributed by atoms with E-state index in [9.17, 15) is 19.7 Å². The maximum Gasteiger partial charge on any atom is 0.342 e. The summed E-state index contributed by atoms with van der Waals surface area (Å²) in [4.78, 5) is 37.8. The lowest BCUT2D eigenvalue weighted by Gasteiger charge is -2.15. The van der Waals surface area contributed by atoms with Crippen LogP contribution in [0.2, 0.25) is 0 Å². The second kappa shape index (κ2) is 8.25. The maximum atomic E-state index is 11.7. The van der Waals surface area contributed by atoms with Crippen LogP contribution >= 0.6 is 11.8 Å². The van der Waals surface area contributed by atoms with Crippen LogP contribution in [0.5, 0.6) is 0 Å². The van der Waals surface area contributed by atoms with Crippen LogP contribution in [0.1, 0.15) is 5.82 Å². The molecule has 0 fully saturated rings. The van der Waals surface area contributed by atoms with Crippen LogP contribution in [0.25, 0.3) is 0 Å². The van der Waals surface area contributed by atoms with Gasteiger partial charge < -0.3 is 15.4 Å². The van der Waals surface area contributed by atoms with Gasteiger partial charge in [0, 0.05) is 19.2 Å². The zero-order valence-electron chi connectivity index (χ0n) is 11.8. The minimum atomic E-state index is -0.552. The molecule has 0 aliphatic carbocycles. The van der Waals surface area contributed by atoms with E-state index >= 15 is 0 Å². The second-order valence-corrected chi connectivity index (χ2v) is 5.08. The lowest BCUT2D eigenvalue weighted by molar-refractivity contribution is -0.392. The van der Waals surface area contributed by atoms with E-state index in [4.69, 9.17) is 0 Å². The summed E-state index contributed by atoms with van der Waals surface area (Å²) in [6.07, 6.45) is 3.47. The molecule has 10 heteroatoms. The largest absolute Gasteiger partial charge is 0.358 e. The van der Waals surface area contributed by atoms with E-state index in [0.29, 0.717) is 18.8 Å². The highest BCUT2D eigenvalue weighted by molar-refractivity contribution is 7.98. The molecule has 1 N–H and O–H groups in total. The molecule has 0 saturated heterocycles. The highest BCUT2D eigenvalue weighted by atomic mass is 32.2. The molecule has 0 bridgehead atoms. The van der Waals surface area contributed by atoms with E-state index in [1.54, 1.807) is 18.7 Å². The number of imidazole rings is 1. The van der Waals surface area contributed by atoms with Gasteiger partial charge in [-0.3, -0.25) is 9.69 Å². The van der Waals surface area contributed by atoms with Gasteiger partial charge in [0.05, 0.1) is 6.54 Å². The van der Waals surface area contributed by atoms with Crippen LogP contribution in [0.4, 0.5) is 10.6 Å². The van der Waals surface area contributed by atoms with Crippen molar-refractivity contribution >= 4 is 30.0 Å². The van der Waals surface area contributed by atoms with Gasteiger partial charge in [-0.2, -0.15) is 11.8 Å². The Hall–Kier alpha value is -2.10. The Kier molecular flexibility index (Phi) is 6.66. The zero-order chi connectivity index (χ0) is 15.8. The van der Waals surface area contributed by atoms with Crippen molar-refractivity contribution in [2.45, 2.75) is 13.5 Å². The quantitative estimate of drug-likeness (QED) is 0.326. The molecular formula is C11H17N5O4S. The van der Waals surface area contributed by atoms with Gasteiger partial charge in [-0.05, 0) is 11.2 Å². The molecule has 1 aromatic rings. The van der Waals surface area contributed by atoms with Gasteiger partial charge in [0.2, 0.25) is 6.41 Å². The highest BCUT2D eigenvalue weighted by Gasteiger charge is 2.19. The third-order valence-corrected chi connectivity index (χ3v) is 3.37. The average molecular weight is 315 g/mol. The fraction of sp³-hybridized carbons (Fsp3) is 0.545. The monoisotopic (exact) mass is 315 g/mol. The standard InChI is InChI=1S/C11H17N5O4S/c1-9-13-7-10(16(19)20)15(9)5-4-14(8-17)11(18)12-3-6-21-2/h7-8H,3-6H2,1-2H3,(H,12,18). The molecule has 0 unspecified atom stereocenters. The van der Waals surface area contributed by atoms with Crippen molar-refractivity contribution in [2.24, 2.45) is 0 Å². The number of carbonyl (C=O) groups excluding carboxylic acids is 2. The highest BCUT2D eigenvalue weighted by Crippen LogP contribution is 2.13. The van der Waals surface area contributed by atoms with Gasteiger partial charge in [-0.15, -0.1) is 0 Å². The number of nitro groups is 1. The first kappa shape index (κ1) is 17.0. The number of nitrogens with zero attached hydrogens (tertiary/aromatic N) is 4. The molecule has 0 saturated carbocycles. The summed E-state index contributed by atoms with van der Waals surface area (Å²) in [5, 5.41) is 13.4. The SMILES string of the molecule is CSCCNC(=O)N(C=O)CCn1c([N+](=O)[O-])cnc1C. The van der Waals surface area contributed by atoms with E-state index in [1.807, 2.05) is 6.26 Å². The third-order valence-electron chi connectivity index (χ3n) is 2.76. The molecule has 21 heavy (non-hydrogen) atoms. The number of carbonyl (C=O) groups is 2. The Morgan fingerprint density at radius 3 is 2.95 bits per heavy atom. The third kappa shape index (κ3) is 4.74. The number of nitrogens with one attached hydrogen (secondary N) is 1. The fourth-order valence-corrected chi connectivity index (χ4v) is 1.96. The van der Waals surface area contributed by atoms with Crippen molar-refractivity contribution in [1.82, 2.24) is 19.8 Å². The van der Waals surface area contributed by atoms with Crippen LogP contribution in [0.15, 0.2) is 6.20 Å². The van der Waals surface area contributed by atoms with Gasteiger partial charge in [0.15, 0.2) is 5.82 Å². The first-order valence-electron chi connectivity index (χ1n) is 6.16. The minimum Gasteiger partial charge on any atom is -0.358 e. The summed E-state index contributed by atoms with van der Waals surface area (Å²) >= 11 is 1.57. The van der Waals surface area contributed by atoms with E-state index in [0.717, 1.165) is 16.8 Å². The zero-order valence-corrected chi connectivity index (χ0v) is 12.6. The van der Waals surface area contributed by atoms with Crippen LogP contribution in [0.3, 0.4) is 0 Å². The Bertz CT molecular complexity index is 519. The lowest BCUT2D eigenvalue weighted by atomic mass is 10.5. The molecule has 0 aliphatic rings. The number of aryl methyl sites for hydroxylation is 1. The molecule has 0 radical (unpaired) electrons. The number of amides is 3. The number of imide groups is 1. The molecule has 3 amide bonds. The Morgan fingerprint density at radius 1 is 1.67 bits per heavy atom. The molecule has 9 nitrogen and oxygen atoms in total. The van der Waals surface area contributed by atoms with Gasteiger partial charge >= 0.3 is 11.8 Å². The predicted molar refractivity (Wildman–Crippen MR) is 78.2 cm³/mol. The van der Waals surface area contributed by atoms with Gasteiger partial charge in [-0.1, -0.05) is 0 Å². The first-order valence-corrected chi connectivity index (χ1v) is 7.55. The second-order valence-electron chi connectivity index (χ2n) is 4.10. The summed E-state index contributed by atoms with van der Waals surface area (Å²) in [6.45, 7) is 2.23. The number of rotatable bonds is 8. The smallest absolute Gasteiger partial charge is 0.342 e. The predicted octanol–water partition coefficient (Wildman–Crippen LogP) is 0.631. The number of urea groups is 1. The van der Waals surface area contributed by atoms with Gasteiger partial charge in [0.1, 0.15) is 12.7 Å². The van der Waals surface area contributed by atoms with Crippen molar-refractivity contribution in [3.8, 4) is 0 Å². The van der Waals surface area contributed by atoms with Crippen molar-refractivity contribution < 1.29 is 14.5 Å². The number of aromatic nitrogens is 2. The molecule has 0 aromatic carbocycles. The molecule has 0 atom stereocenters. The van der Waals surface area contributed by atoms with Crippen LogP contribution in [0, 0.1) is 17.0 Å². The Balaban J connectivity index is 2.63. The number of thioether (sulfide) groups is 1. The molecular weight excluding hydrogens is 298 g/mol. The maximum absolute atomic E-state index is 11.7. The summed E-state index contributed by atoms with van der Waals surface area (Å²) in [5.74, 6) is 1.03. The van der Waals surface area contributed by atoms with Crippen LogP contribution < -0.4 is 5.32 Å². The van der Waals surface area contributed by atoms with Crippen LogP contribution in [-0.4, -0.2) is 56.9 Å². The molecule has 1 rings (SSSR count). The normalized spacial score (nSPS) is 10.2.